The zero-order chi connectivity index (χ0) is 5.98. The summed E-state index contributed by atoms with van der Waals surface area (Å²) in [7, 11) is 1.82. The highest BCUT2D eigenvalue weighted by Crippen LogP contribution is 2.11. The third-order valence-corrected chi connectivity index (χ3v) is 1.46. The average molecular weight is 119 g/mol. The number of likely N-dealkylation sites (N-methyl/N-ethyl adjacent to an activating group) is 1. The van der Waals surface area contributed by atoms with Gasteiger partial charge in [0, 0.05) is 0 Å². The van der Waals surface area contributed by atoms with Gasteiger partial charge < -0.3 is 10.1 Å². The number of hydrogen-bond donors (Lipinski definition) is 1. The summed E-state index contributed by atoms with van der Waals surface area (Å²) < 4.78 is 16.6. The van der Waals surface area contributed by atoms with Crippen LogP contribution in [0.3, 0.4) is 0 Å². The summed E-state index contributed by atoms with van der Waals surface area (Å²) >= 11 is 0. The Hall–Kier alpha value is -0.150. The molecule has 0 bridgehead atoms. The quantitative estimate of drug-likeness (QED) is 0.550. The smallest absolute Gasteiger partial charge is 0.117 e. The molecule has 3 heteroatoms. The fraction of sp³-hybridized carbons (Fsp3) is 1.00. The monoisotopic (exact) mass is 119 g/mol. The standard InChI is InChI=1S/C5H10FNO/c1-7-4-3-8-5(4)2-6/h4-5,7H,2-3H2,1H3. The van der Waals surface area contributed by atoms with Crippen molar-refractivity contribution in [2.45, 2.75) is 12.1 Å². The van der Waals surface area contributed by atoms with Gasteiger partial charge in [-0.3, -0.25) is 0 Å². The second kappa shape index (κ2) is 2.42. The van der Waals surface area contributed by atoms with Gasteiger partial charge in [-0.2, -0.15) is 0 Å². The zero-order valence-electron chi connectivity index (χ0n) is 4.86. The predicted molar refractivity (Wildman–Crippen MR) is 28.6 cm³/mol. The largest absolute Gasteiger partial charge is 0.372 e. The lowest BCUT2D eigenvalue weighted by molar-refractivity contribution is -0.0939. The third kappa shape index (κ3) is 0.833. The van der Waals surface area contributed by atoms with E-state index in [0.29, 0.717) is 6.61 Å². The van der Waals surface area contributed by atoms with Crippen molar-refractivity contribution in [1.82, 2.24) is 5.32 Å². The molecule has 0 spiro atoms. The van der Waals surface area contributed by atoms with Crippen molar-refractivity contribution in [3.63, 3.8) is 0 Å². The van der Waals surface area contributed by atoms with Crippen LogP contribution < -0.4 is 5.32 Å². The minimum absolute atomic E-state index is 0.181. The molecule has 2 unspecified atom stereocenters. The SMILES string of the molecule is CNC1COC1CF. The van der Waals surface area contributed by atoms with Crippen molar-refractivity contribution in [2.75, 3.05) is 20.3 Å². The molecule has 1 N–H and O–H groups in total. The summed E-state index contributed by atoms with van der Waals surface area (Å²) in [5.41, 5.74) is 0. The molecule has 2 nitrogen and oxygen atoms in total. The normalized spacial score (nSPS) is 36.8. The topological polar surface area (TPSA) is 21.3 Å². The van der Waals surface area contributed by atoms with Crippen molar-refractivity contribution in [3.05, 3.63) is 0 Å². The zero-order valence-corrected chi connectivity index (χ0v) is 4.86. The maximum absolute atomic E-state index is 11.7. The number of nitrogens with one attached hydrogen (secondary N) is 1. The van der Waals surface area contributed by atoms with Gasteiger partial charge in [0.2, 0.25) is 0 Å². The molecule has 0 aromatic heterocycles. The van der Waals surface area contributed by atoms with Gasteiger partial charge in [0.1, 0.15) is 12.8 Å². The van der Waals surface area contributed by atoms with E-state index < -0.39 is 0 Å². The van der Waals surface area contributed by atoms with Crippen LogP contribution in [-0.4, -0.2) is 32.5 Å². The average Bonchev–Trinajstić information content (AvgIpc) is 1.66. The first-order chi connectivity index (χ1) is 3.88. The molecule has 1 rings (SSSR count). The third-order valence-electron chi connectivity index (χ3n) is 1.46. The first-order valence-electron chi connectivity index (χ1n) is 2.73. The number of halogens is 1. The van der Waals surface area contributed by atoms with Gasteiger partial charge >= 0.3 is 0 Å². The van der Waals surface area contributed by atoms with E-state index in [2.05, 4.69) is 5.32 Å². The van der Waals surface area contributed by atoms with Crippen LogP contribution >= 0.6 is 0 Å². The van der Waals surface area contributed by atoms with Crippen molar-refractivity contribution in [3.8, 4) is 0 Å². The summed E-state index contributed by atoms with van der Waals surface area (Å²) in [6, 6.07) is 0.250. The molecule has 0 amide bonds. The van der Waals surface area contributed by atoms with Crippen LogP contribution in [0.2, 0.25) is 0 Å². The summed E-state index contributed by atoms with van der Waals surface area (Å²) in [4.78, 5) is 0. The lowest BCUT2D eigenvalue weighted by atomic mass is 10.1. The van der Waals surface area contributed by atoms with E-state index in [1.807, 2.05) is 7.05 Å². The molecule has 1 heterocycles. The molecule has 1 aliphatic heterocycles. The van der Waals surface area contributed by atoms with Gasteiger partial charge in [-0.15, -0.1) is 0 Å². The molecule has 0 aliphatic carbocycles. The molecule has 1 saturated heterocycles. The molecular formula is C5H10FNO. The molecule has 2 atom stereocenters. The number of rotatable bonds is 2. The van der Waals surface area contributed by atoms with E-state index >= 15 is 0 Å². The molecule has 8 heavy (non-hydrogen) atoms. The molecule has 1 aliphatic rings. The fourth-order valence-electron chi connectivity index (χ4n) is 0.750. The van der Waals surface area contributed by atoms with E-state index in [1.165, 1.54) is 0 Å². The van der Waals surface area contributed by atoms with E-state index in [4.69, 9.17) is 4.74 Å². The summed E-state index contributed by atoms with van der Waals surface area (Å²) in [6.45, 7) is 0.288. The highest BCUT2D eigenvalue weighted by molar-refractivity contribution is 4.83. The second-order valence-electron chi connectivity index (χ2n) is 1.92. The van der Waals surface area contributed by atoms with Crippen LogP contribution in [0.25, 0.3) is 0 Å². The lowest BCUT2D eigenvalue weighted by Crippen LogP contribution is -2.53. The fourth-order valence-corrected chi connectivity index (χ4v) is 0.750. The number of ether oxygens (including phenoxy) is 1. The molecule has 0 aromatic carbocycles. The number of alkyl halides is 1. The van der Waals surface area contributed by atoms with E-state index in [0.717, 1.165) is 0 Å². The maximum atomic E-state index is 11.7. The summed E-state index contributed by atoms with van der Waals surface area (Å²) in [5.74, 6) is 0. The highest BCUT2D eigenvalue weighted by atomic mass is 19.1. The Morgan fingerprint density at radius 3 is 2.75 bits per heavy atom. The maximum Gasteiger partial charge on any atom is 0.117 e. The van der Waals surface area contributed by atoms with Gasteiger partial charge in [-0.1, -0.05) is 0 Å². The lowest BCUT2D eigenvalue weighted by Gasteiger charge is -2.34. The van der Waals surface area contributed by atoms with Gasteiger partial charge in [0.05, 0.1) is 12.6 Å². The van der Waals surface area contributed by atoms with Crippen molar-refractivity contribution in [1.29, 1.82) is 0 Å². The number of hydrogen-bond acceptors (Lipinski definition) is 2. The molecule has 0 aromatic rings. The molecule has 0 saturated carbocycles. The van der Waals surface area contributed by atoms with Gasteiger partial charge in [0.25, 0.3) is 0 Å². The Morgan fingerprint density at radius 1 is 1.88 bits per heavy atom. The van der Waals surface area contributed by atoms with Crippen molar-refractivity contribution in [2.24, 2.45) is 0 Å². The first-order valence-corrected chi connectivity index (χ1v) is 2.73. The van der Waals surface area contributed by atoms with E-state index in [9.17, 15) is 4.39 Å². The van der Waals surface area contributed by atoms with Crippen LogP contribution in [0.15, 0.2) is 0 Å². The first kappa shape index (κ1) is 5.98. The van der Waals surface area contributed by atoms with Crippen molar-refractivity contribution < 1.29 is 9.13 Å². The van der Waals surface area contributed by atoms with Crippen molar-refractivity contribution >= 4 is 0 Å². The van der Waals surface area contributed by atoms with Gasteiger partial charge in [0.15, 0.2) is 0 Å². The Kier molecular flexibility index (Phi) is 1.81. The van der Waals surface area contributed by atoms with Crippen LogP contribution in [0.5, 0.6) is 0 Å². The molecule has 48 valence electrons. The predicted octanol–water partition coefficient (Wildman–Crippen LogP) is -0.0573. The molecular weight excluding hydrogens is 109 g/mol. The van der Waals surface area contributed by atoms with Crippen LogP contribution in [-0.2, 0) is 4.74 Å². The Bertz CT molecular complexity index is 64.8. The Balaban J connectivity index is 2.16. The van der Waals surface area contributed by atoms with E-state index in [1.54, 1.807) is 0 Å². The minimum Gasteiger partial charge on any atom is -0.372 e. The molecule has 0 radical (unpaired) electrons. The Labute approximate surface area is 48.0 Å². The Morgan fingerprint density at radius 2 is 2.62 bits per heavy atom. The summed E-state index contributed by atoms with van der Waals surface area (Å²) in [6.07, 6.45) is -0.181. The van der Waals surface area contributed by atoms with Crippen LogP contribution in [0.1, 0.15) is 0 Å². The van der Waals surface area contributed by atoms with Gasteiger partial charge in [-0.05, 0) is 7.05 Å². The highest BCUT2D eigenvalue weighted by Gasteiger charge is 2.29. The van der Waals surface area contributed by atoms with Gasteiger partial charge in [-0.25, -0.2) is 4.39 Å². The minimum atomic E-state index is -0.370. The van der Waals surface area contributed by atoms with Crippen LogP contribution in [0, 0.1) is 0 Å². The van der Waals surface area contributed by atoms with Crippen LogP contribution in [0.4, 0.5) is 4.39 Å². The summed E-state index contributed by atoms with van der Waals surface area (Å²) in [5, 5.41) is 2.94. The molecule has 1 fully saturated rings. The van der Waals surface area contributed by atoms with E-state index in [-0.39, 0.29) is 18.8 Å². The second-order valence-corrected chi connectivity index (χ2v) is 1.92.